The van der Waals surface area contributed by atoms with Gasteiger partial charge in [-0.3, -0.25) is 0 Å². The third-order valence-corrected chi connectivity index (χ3v) is 3.71. The number of hydrogen-bond donors (Lipinski definition) is 2. The van der Waals surface area contributed by atoms with E-state index in [0.717, 1.165) is 5.57 Å². The summed E-state index contributed by atoms with van der Waals surface area (Å²) in [5, 5.41) is 12.3. The predicted molar refractivity (Wildman–Crippen MR) is 85.6 cm³/mol. The van der Waals surface area contributed by atoms with E-state index in [0.29, 0.717) is 25.9 Å². The molecule has 4 heteroatoms. The molecule has 1 aromatic rings. The summed E-state index contributed by atoms with van der Waals surface area (Å²) >= 11 is 0. The lowest BCUT2D eigenvalue weighted by Gasteiger charge is -2.21. The van der Waals surface area contributed by atoms with Gasteiger partial charge in [0.25, 0.3) is 0 Å². The Morgan fingerprint density at radius 1 is 1.33 bits per heavy atom. The fourth-order valence-corrected chi connectivity index (χ4v) is 2.23. The van der Waals surface area contributed by atoms with Crippen LogP contribution in [0.1, 0.15) is 24.1 Å². The second-order valence-electron chi connectivity index (χ2n) is 5.14. The van der Waals surface area contributed by atoms with Gasteiger partial charge in [-0.15, -0.1) is 0 Å². The molecule has 1 atom stereocenters. The molecular weight excluding hydrogens is 264 g/mol. The number of benzene rings is 1. The van der Waals surface area contributed by atoms with Crippen LogP contribution in [0.2, 0.25) is 0 Å². The highest BCUT2D eigenvalue weighted by atomic mass is 16.5. The average molecular weight is 288 g/mol. The van der Waals surface area contributed by atoms with Gasteiger partial charge in [-0.25, -0.2) is 0 Å². The second-order valence-corrected chi connectivity index (χ2v) is 5.14. The summed E-state index contributed by atoms with van der Waals surface area (Å²) in [7, 11) is 1.96. The zero-order valence-electron chi connectivity index (χ0n) is 12.7. The van der Waals surface area contributed by atoms with E-state index in [4.69, 9.17) is 9.84 Å². The van der Waals surface area contributed by atoms with Gasteiger partial charge >= 0.3 is 0 Å². The van der Waals surface area contributed by atoms with Crippen LogP contribution >= 0.6 is 0 Å². The largest absolute Gasteiger partial charge is 0.395 e. The van der Waals surface area contributed by atoms with Crippen molar-refractivity contribution in [2.45, 2.75) is 13.0 Å². The van der Waals surface area contributed by atoms with Crippen LogP contribution in [0.3, 0.4) is 0 Å². The molecule has 0 radical (unpaired) electrons. The van der Waals surface area contributed by atoms with Crippen LogP contribution in [0.25, 0.3) is 5.57 Å². The molecule has 0 bridgehead atoms. The molecule has 1 aliphatic heterocycles. The zero-order valence-corrected chi connectivity index (χ0v) is 12.7. The van der Waals surface area contributed by atoms with E-state index in [9.17, 15) is 0 Å². The molecule has 4 nitrogen and oxygen atoms in total. The van der Waals surface area contributed by atoms with Crippen molar-refractivity contribution in [3.8, 4) is 0 Å². The highest BCUT2D eigenvalue weighted by Gasteiger charge is 2.06. The first-order valence-corrected chi connectivity index (χ1v) is 7.33. The molecule has 1 aliphatic rings. The first-order valence-electron chi connectivity index (χ1n) is 7.33. The number of nitrogens with zero attached hydrogens (tertiary/aromatic N) is 1. The minimum Gasteiger partial charge on any atom is -0.395 e. The Morgan fingerprint density at radius 3 is 2.76 bits per heavy atom. The maximum Gasteiger partial charge on any atom is 0.119 e. The maximum atomic E-state index is 9.02. The number of rotatable bonds is 5. The SMILES string of the molecule is CNC(C)c1ccc(C2=C/COCN(CCO)/C=C\2)cc1. The van der Waals surface area contributed by atoms with E-state index in [-0.39, 0.29) is 6.61 Å². The molecule has 1 unspecified atom stereocenters. The van der Waals surface area contributed by atoms with Gasteiger partial charge in [-0.1, -0.05) is 30.3 Å². The molecular formula is C17H24N2O2. The molecule has 0 saturated carbocycles. The normalized spacial score (nSPS) is 21.1. The quantitative estimate of drug-likeness (QED) is 0.871. The Morgan fingerprint density at radius 2 is 2.10 bits per heavy atom. The lowest BCUT2D eigenvalue weighted by Crippen LogP contribution is -2.25. The van der Waals surface area contributed by atoms with E-state index in [2.05, 4.69) is 48.7 Å². The van der Waals surface area contributed by atoms with Crippen LogP contribution in [0, 0.1) is 0 Å². The van der Waals surface area contributed by atoms with E-state index >= 15 is 0 Å². The van der Waals surface area contributed by atoms with Gasteiger partial charge in [0.15, 0.2) is 0 Å². The number of ether oxygens (including phenoxy) is 1. The van der Waals surface area contributed by atoms with E-state index in [1.165, 1.54) is 11.1 Å². The van der Waals surface area contributed by atoms with Gasteiger partial charge < -0.3 is 20.1 Å². The molecule has 0 amide bonds. The molecule has 0 aliphatic carbocycles. The Kier molecular flexibility index (Phi) is 5.99. The second kappa shape index (κ2) is 7.98. The van der Waals surface area contributed by atoms with Crippen molar-refractivity contribution < 1.29 is 9.84 Å². The third-order valence-electron chi connectivity index (χ3n) is 3.71. The molecule has 1 heterocycles. The minimum atomic E-state index is 0.128. The van der Waals surface area contributed by atoms with Crippen LogP contribution in [-0.4, -0.2) is 43.5 Å². The van der Waals surface area contributed by atoms with Crippen molar-refractivity contribution in [2.75, 3.05) is 33.5 Å². The average Bonchev–Trinajstić information content (AvgIpc) is 2.50. The van der Waals surface area contributed by atoms with Gasteiger partial charge in [-0.05, 0) is 36.7 Å². The molecule has 114 valence electrons. The minimum absolute atomic E-state index is 0.128. The number of nitrogens with one attached hydrogen (secondary N) is 1. The summed E-state index contributed by atoms with van der Waals surface area (Å²) in [5.41, 5.74) is 3.59. The topological polar surface area (TPSA) is 44.7 Å². The molecule has 0 saturated heterocycles. The standard InChI is InChI=1S/C17H24N2O2/c1-14(18-2)15-3-5-16(6-4-15)17-7-9-19(10-11-20)13-21-12-8-17/h3-9,14,18,20H,10-13H2,1-2H3/b9-7-,17-8+. The molecule has 21 heavy (non-hydrogen) atoms. The van der Waals surface area contributed by atoms with Crippen LogP contribution in [0.15, 0.2) is 42.6 Å². The lowest BCUT2D eigenvalue weighted by molar-refractivity contribution is 0.0619. The Labute approximate surface area is 126 Å². The van der Waals surface area contributed by atoms with Crippen molar-refractivity contribution in [3.05, 3.63) is 53.7 Å². The van der Waals surface area contributed by atoms with Crippen LogP contribution in [-0.2, 0) is 4.74 Å². The fourth-order valence-electron chi connectivity index (χ4n) is 2.23. The molecule has 0 spiro atoms. The monoisotopic (exact) mass is 288 g/mol. The van der Waals surface area contributed by atoms with Gasteiger partial charge in [-0.2, -0.15) is 0 Å². The predicted octanol–water partition coefficient (Wildman–Crippen LogP) is 2.15. The van der Waals surface area contributed by atoms with Crippen molar-refractivity contribution in [1.29, 1.82) is 0 Å². The number of aliphatic hydroxyl groups is 1. The highest BCUT2D eigenvalue weighted by molar-refractivity contribution is 5.74. The van der Waals surface area contributed by atoms with Crippen LogP contribution in [0.5, 0.6) is 0 Å². The highest BCUT2D eigenvalue weighted by Crippen LogP contribution is 2.20. The van der Waals surface area contributed by atoms with E-state index in [1.807, 2.05) is 18.1 Å². The lowest BCUT2D eigenvalue weighted by atomic mass is 10.0. The van der Waals surface area contributed by atoms with Crippen molar-refractivity contribution >= 4 is 5.57 Å². The Balaban J connectivity index is 2.14. The summed E-state index contributed by atoms with van der Waals surface area (Å²) in [6.45, 7) is 3.95. The Bertz CT molecular complexity index is 494. The van der Waals surface area contributed by atoms with E-state index < -0.39 is 0 Å². The maximum absolute atomic E-state index is 9.02. The zero-order chi connectivity index (χ0) is 15.1. The summed E-state index contributed by atoms with van der Waals surface area (Å²) in [6, 6.07) is 8.92. The summed E-state index contributed by atoms with van der Waals surface area (Å²) in [6.07, 6.45) is 6.14. The summed E-state index contributed by atoms with van der Waals surface area (Å²) in [5.74, 6) is 0. The van der Waals surface area contributed by atoms with Crippen LogP contribution in [0.4, 0.5) is 0 Å². The van der Waals surface area contributed by atoms with Crippen molar-refractivity contribution in [3.63, 3.8) is 0 Å². The van der Waals surface area contributed by atoms with Crippen LogP contribution < -0.4 is 5.32 Å². The van der Waals surface area contributed by atoms with Gasteiger partial charge in [0.05, 0.1) is 13.2 Å². The van der Waals surface area contributed by atoms with E-state index in [1.54, 1.807) is 0 Å². The number of β-amino-alcohol motifs (C(OH)–C–C–N with tert-alkyl or cyclic N) is 1. The smallest absolute Gasteiger partial charge is 0.119 e. The molecule has 0 fully saturated rings. The molecule has 2 rings (SSSR count). The first kappa shape index (κ1) is 15.8. The van der Waals surface area contributed by atoms with Gasteiger partial charge in [0.1, 0.15) is 6.73 Å². The third kappa shape index (κ3) is 4.43. The molecule has 0 aromatic heterocycles. The molecule has 2 N–H and O–H groups in total. The first-order chi connectivity index (χ1) is 10.2. The number of aliphatic hydroxyl groups excluding tert-OH is 1. The fraction of sp³-hybridized carbons (Fsp3) is 0.412. The number of allylic oxidation sites excluding steroid dienone is 2. The van der Waals surface area contributed by atoms with Crippen molar-refractivity contribution in [2.24, 2.45) is 0 Å². The van der Waals surface area contributed by atoms with Gasteiger partial charge in [0, 0.05) is 18.8 Å². The number of hydrogen-bond acceptors (Lipinski definition) is 4. The van der Waals surface area contributed by atoms with Crippen molar-refractivity contribution in [1.82, 2.24) is 10.2 Å². The Hall–Kier alpha value is -1.62. The van der Waals surface area contributed by atoms with Gasteiger partial charge in [0.2, 0.25) is 0 Å². The summed E-state index contributed by atoms with van der Waals surface area (Å²) < 4.78 is 5.55. The molecule has 1 aromatic carbocycles. The summed E-state index contributed by atoms with van der Waals surface area (Å²) in [4.78, 5) is 1.96.